The van der Waals surface area contributed by atoms with E-state index in [1.54, 1.807) is 0 Å². The van der Waals surface area contributed by atoms with E-state index in [4.69, 9.17) is 4.74 Å². The predicted octanol–water partition coefficient (Wildman–Crippen LogP) is 9.66. The van der Waals surface area contributed by atoms with Crippen LogP contribution in [0.15, 0.2) is 42.5 Å². The van der Waals surface area contributed by atoms with Crippen molar-refractivity contribution in [1.82, 2.24) is 0 Å². The van der Waals surface area contributed by atoms with E-state index in [9.17, 15) is 0 Å². The Balaban J connectivity index is 1.58. The van der Waals surface area contributed by atoms with Crippen molar-refractivity contribution in [1.29, 1.82) is 0 Å². The molecule has 2 aromatic rings. The molecule has 0 heterocycles. The van der Waals surface area contributed by atoms with Crippen LogP contribution in [0, 0.1) is 17.3 Å². The van der Waals surface area contributed by atoms with E-state index in [1.165, 1.54) is 80.0 Å². The second kappa shape index (κ2) is 12.6. The van der Waals surface area contributed by atoms with Crippen LogP contribution in [0.4, 0.5) is 0 Å². The Labute approximate surface area is 204 Å². The summed E-state index contributed by atoms with van der Waals surface area (Å²) in [5, 5.41) is 0. The summed E-state index contributed by atoms with van der Waals surface area (Å²) in [6, 6.07) is 16.1. The number of rotatable bonds is 12. The van der Waals surface area contributed by atoms with Crippen LogP contribution in [0.2, 0.25) is 0 Å². The van der Waals surface area contributed by atoms with Crippen molar-refractivity contribution in [3.63, 3.8) is 0 Å². The predicted molar refractivity (Wildman–Crippen MR) is 144 cm³/mol. The third-order valence-electron chi connectivity index (χ3n) is 8.85. The summed E-state index contributed by atoms with van der Waals surface area (Å²) in [5.41, 5.74) is 5.85. The van der Waals surface area contributed by atoms with Gasteiger partial charge in [0, 0.05) is 0 Å². The van der Waals surface area contributed by atoms with Crippen molar-refractivity contribution in [3.8, 4) is 16.9 Å². The van der Waals surface area contributed by atoms with Gasteiger partial charge in [0.05, 0.1) is 6.61 Å². The minimum absolute atomic E-state index is 0.434. The van der Waals surface area contributed by atoms with Crippen molar-refractivity contribution in [2.24, 2.45) is 17.3 Å². The first-order valence-electron chi connectivity index (χ1n) is 13.9. The molecule has 1 saturated carbocycles. The molecule has 182 valence electrons. The summed E-state index contributed by atoms with van der Waals surface area (Å²) in [7, 11) is 0. The second-order valence-electron chi connectivity index (χ2n) is 10.7. The van der Waals surface area contributed by atoms with E-state index in [0.29, 0.717) is 5.41 Å². The molecule has 0 aromatic heterocycles. The summed E-state index contributed by atoms with van der Waals surface area (Å²) in [5.74, 6) is 2.96. The zero-order chi connectivity index (χ0) is 23.7. The topological polar surface area (TPSA) is 9.23 Å². The smallest absolute Gasteiger partial charge is 0.122 e. The Kier molecular flexibility index (Phi) is 9.90. The quantitative estimate of drug-likeness (QED) is 0.314. The molecule has 2 aromatic carbocycles. The van der Waals surface area contributed by atoms with Crippen LogP contribution < -0.4 is 4.74 Å². The Bertz CT molecular complexity index is 814. The molecule has 1 fully saturated rings. The van der Waals surface area contributed by atoms with Crippen LogP contribution in [0.5, 0.6) is 5.75 Å². The molecule has 1 heteroatoms. The Hall–Kier alpha value is -1.76. The van der Waals surface area contributed by atoms with Crippen LogP contribution in [0.3, 0.4) is 0 Å². The second-order valence-corrected chi connectivity index (χ2v) is 10.7. The van der Waals surface area contributed by atoms with Crippen molar-refractivity contribution < 1.29 is 4.74 Å². The van der Waals surface area contributed by atoms with E-state index in [1.807, 2.05) is 0 Å². The largest absolute Gasteiger partial charge is 0.493 e. The van der Waals surface area contributed by atoms with Gasteiger partial charge >= 0.3 is 0 Å². The average molecular weight is 449 g/mol. The highest BCUT2D eigenvalue weighted by Crippen LogP contribution is 2.35. The monoisotopic (exact) mass is 448 g/mol. The minimum Gasteiger partial charge on any atom is -0.493 e. The van der Waals surface area contributed by atoms with E-state index >= 15 is 0 Å². The fourth-order valence-corrected chi connectivity index (χ4v) is 5.69. The Morgan fingerprint density at radius 3 is 2.06 bits per heavy atom. The van der Waals surface area contributed by atoms with E-state index in [2.05, 4.69) is 77.1 Å². The lowest BCUT2D eigenvalue weighted by Gasteiger charge is -2.30. The molecule has 1 nitrogen and oxygen atoms in total. The molecule has 1 aliphatic carbocycles. The van der Waals surface area contributed by atoms with Gasteiger partial charge in [0.25, 0.3) is 0 Å². The molecule has 0 N–H and O–H groups in total. The van der Waals surface area contributed by atoms with Crippen molar-refractivity contribution in [2.75, 3.05) is 6.61 Å². The molecule has 33 heavy (non-hydrogen) atoms. The molecule has 3 rings (SSSR count). The lowest BCUT2D eigenvalue weighted by Crippen LogP contribution is -2.21. The lowest BCUT2D eigenvalue weighted by atomic mass is 9.77. The normalized spacial score (nSPS) is 18.9. The van der Waals surface area contributed by atoms with Gasteiger partial charge in [-0.05, 0) is 77.3 Å². The molecule has 0 bridgehead atoms. The maximum atomic E-state index is 6.30. The fourth-order valence-electron chi connectivity index (χ4n) is 5.69. The van der Waals surface area contributed by atoms with Gasteiger partial charge in [-0.1, -0.05) is 110 Å². The molecular weight excluding hydrogens is 400 g/mol. The molecule has 0 unspecified atom stereocenters. The molecule has 0 amide bonds. The summed E-state index contributed by atoms with van der Waals surface area (Å²) in [4.78, 5) is 0. The zero-order valence-electron chi connectivity index (χ0n) is 22.1. The van der Waals surface area contributed by atoms with Gasteiger partial charge in [-0.2, -0.15) is 0 Å². The molecular formula is C32H48O. The van der Waals surface area contributed by atoms with Crippen LogP contribution in [0.1, 0.15) is 104 Å². The van der Waals surface area contributed by atoms with Crippen LogP contribution >= 0.6 is 0 Å². The van der Waals surface area contributed by atoms with Gasteiger partial charge in [0.1, 0.15) is 5.75 Å². The maximum absolute atomic E-state index is 6.30. The molecule has 0 atom stereocenters. The third kappa shape index (κ3) is 7.11. The fraction of sp³-hybridized carbons (Fsp3) is 0.625. The molecule has 1 aliphatic rings. The highest BCUT2D eigenvalue weighted by Gasteiger charge is 2.23. The number of benzene rings is 2. The number of hydrogen-bond donors (Lipinski definition) is 0. The molecule has 0 spiro atoms. The van der Waals surface area contributed by atoms with Crippen molar-refractivity contribution >= 4 is 0 Å². The Morgan fingerprint density at radius 1 is 0.818 bits per heavy atom. The first-order valence-corrected chi connectivity index (χ1v) is 13.9. The van der Waals surface area contributed by atoms with Crippen LogP contribution in [0.25, 0.3) is 11.1 Å². The van der Waals surface area contributed by atoms with Gasteiger partial charge in [-0.15, -0.1) is 0 Å². The number of aryl methyl sites for hydroxylation is 2. The minimum atomic E-state index is 0.434. The molecule has 0 radical (unpaired) electrons. The van der Waals surface area contributed by atoms with Crippen molar-refractivity contribution in [2.45, 2.75) is 105 Å². The summed E-state index contributed by atoms with van der Waals surface area (Å²) in [6.45, 7) is 12.4. The number of ether oxygens (including phenoxy) is 1. The van der Waals surface area contributed by atoms with Gasteiger partial charge in [-0.3, -0.25) is 0 Å². The van der Waals surface area contributed by atoms with Gasteiger partial charge < -0.3 is 4.74 Å². The van der Waals surface area contributed by atoms with E-state index in [0.717, 1.165) is 37.0 Å². The van der Waals surface area contributed by atoms with Gasteiger partial charge in [0.2, 0.25) is 0 Å². The first-order chi connectivity index (χ1) is 16.0. The molecule has 0 saturated heterocycles. The number of hydrogen-bond acceptors (Lipinski definition) is 1. The standard InChI is InChI=1S/C32H48O/c1-6-28-24-30(20-21-31(28)33-23-22-32(7-2,8-3)9-4)29-18-16-27(17-19-29)15-14-26-12-10-25(5)11-13-26/h16-21,24-26H,6-15,22-23H2,1-5H3. The maximum Gasteiger partial charge on any atom is 0.122 e. The first kappa shape index (κ1) is 25.9. The summed E-state index contributed by atoms with van der Waals surface area (Å²) >= 11 is 0. The van der Waals surface area contributed by atoms with E-state index in [-0.39, 0.29) is 0 Å². The third-order valence-corrected chi connectivity index (χ3v) is 8.85. The van der Waals surface area contributed by atoms with Crippen molar-refractivity contribution in [3.05, 3.63) is 53.6 Å². The Morgan fingerprint density at radius 2 is 1.45 bits per heavy atom. The highest BCUT2D eigenvalue weighted by atomic mass is 16.5. The average Bonchev–Trinajstić information content (AvgIpc) is 2.87. The summed E-state index contributed by atoms with van der Waals surface area (Å²) in [6.07, 6.45) is 14.2. The highest BCUT2D eigenvalue weighted by molar-refractivity contribution is 5.66. The lowest BCUT2D eigenvalue weighted by molar-refractivity contribution is 0.173. The van der Waals surface area contributed by atoms with Crippen LogP contribution in [-0.2, 0) is 12.8 Å². The SMILES string of the molecule is CCc1cc(-c2ccc(CCC3CCC(C)CC3)cc2)ccc1OCCC(CC)(CC)CC. The van der Waals surface area contributed by atoms with Crippen LogP contribution in [-0.4, -0.2) is 6.61 Å². The van der Waals surface area contributed by atoms with Gasteiger partial charge in [0.15, 0.2) is 0 Å². The summed E-state index contributed by atoms with van der Waals surface area (Å²) < 4.78 is 6.30. The van der Waals surface area contributed by atoms with Gasteiger partial charge in [-0.25, -0.2) is 0 Å². The zero-order valence-corrected chi connectivity index (χ0v) is 22.1. The molecule has 0 aliphatic heterocycles. The van der Waals surface area contributed by atoms with E-state index < -0.39 is 0 Å².